The number of anilines is 4. The van der Waals surface area contributed by atoms with E-state index in [1.54, 1.807) is 7.11 Å². The van der Waals surface area contributed by atoms with Gasteiger partial charge in [0.15, 0.2) is 0 Å². The van der Waals surface area contributed by atoms with Crippen molar-refractivity contribution in [2.24, 2.45) is 0 Å². The predicted molar refractivity (Wildman–Crippen MR) is 102 cm³/mol. The number of benzene rings is 2. The number of nitrogens with one attached hydrogen (secondary N) is 2. The minimum absolute atomic E-state index is 0.424. The van der Waals surface area contributed by atoms with Gasteiger partial charge in [-0.25, -0.2) is 4.98 Å². The van der Waals surface area contributed by atoms with Crippen LogP contribution in [0.15, 0.2) is 54.6 Å². The van der Waals surface area contributed by atoms with Crippen molar-refractivity contribution in [3.05, 3.63) is 71.4 Å². The maximum atomic E-state index is 5.24. The van der Waals surface area contributed by atoms with Crippen LogP contribution in [0.5, 0.6) is 0 Å². The maximum Gasteiger partial charge on any atom is 0.229 e. The molecule has 3 rings (SSSR count). The molecule has 0 aliphatic rings. The summed E-state index contributed by atoms with van der Waals surface area (Å²) in [6, 6.07) is 18.1. The molecule has 0 radical (unpaired) electrons. The Kier molecular flexibility index (Phi) is 5.26. The van der Waals surface area contributed by atoms with Crippen molar-refractivity contribution in [1.29, 1.82) is 0 Å². The van der Waals surface area contributed by atoms with Gasteiger partial charge in [-0.1, -0.05) is 36.4 Å². The van der Waals surface area contributed by atoms with E-state index in [0.717, 1.165) is 34.0 Å². The Morgan fingerprint density at radius 3 is 2.04 bits per heavy atom. The van der Waals surface area contributed by atoms with E-state index >= 15 is 0 Å². The molecule has 2 N–H and O–H groups in total. The lowest BCUT2D eigenvalue weighted by molar-refractivity contribution is 0.181. The topological polar surface area (TPSA) is 59.1 Å². The van der Waals surface area contributed by atoms with E-state index in [4.69, 9.17) is 4.74 Å². The highest BCUT2D eigenvalue weighted by Crippen LogP contribution is 2.23. The number of rotatable bonds is 6. The second kappa shape index (κ2) is 7.77. The summed E-state index contributed by atoms with van der Waals surface area (Å²) in [5.41, 5.74) is 5.11. The van der Waals surface area contributed by atoms with E-state index in [-0.39, 0.29) is 0 Å². The van der Waals surface area contributed by atoms with E-state index in [0.29, 0.717) is 12.6 Å². The smallest absolute Gasteiger partial charge is 0.229 e. The number of nitrogens with zero attached hydrogens (tertiary/aromatic N) is 2. The van der Waals surface area contributed by atoms with Gasteiger partial charge >= 0.3 is 0 Å². The number of ether oxygens (including phenoxy) is 1. The quantitative estimate of drug-likeness (QED) is 0.682. The van der Waals surface area contributed by atoms with Gasteiger partial charge in [0.1, 0.15) is 5.82 Å². The van der Waals surface area contributed by atoms with Crippen LogP contribution < -0.4 is 10.6 Å². The first kappa shape index (κ1) is 16.9. The molecule has 3 aromatic rings. The molecular formula is C20H22N4O. The number of methoxy groups -OCH3 is 1. The molecule has 1 aromatic heterocycles. The molecule has 5 heteroatoms. The fourth-order valence-corrected chi connectivity index (χ4v) is 2.52. The number of para-hydroxylation sites is 2. The monoisotopic (exact) mass is 334 g/mol. The van der Waals surface area contributed by atoms with Crippen LogP contribution >= 0.6 is 0 Å². The number of aryl methyl sites for hydroxylation is 2. The second-order valence-electron chi connectivity index (χ2n) is 5.88. The number of hydrogen-bond acceptors (Lipinski definition) is 5. The molecular weight excluding hydrogens is 312 g/mol. The molecule has 0 amide bonds. The molecule has 0 aliphatic heterocycles. The van der Waals surface area contributed by atoms with E-state index in [1.807, 2.05) is 55.5 Å². The van der Waals surface area contributed by atoms with Gasteiger partial charge in [0, 0.05) is 24.6 Å². The summed E-state index contributed by atoms with van der Waals surface area (Å²) in [7, 11) is 1.66. The number of hydrogen-bond donors (Lipinski definition) is 2. The van der Waals surface area contributed by atoms with Crippen LogP contribution in [-0.4, -0.2) is 17.1 Å². The zero-order valence-electron chi connectivity index (χ0n) is 14.7. The van der Waals surface area contributed by atoms with Gasteiger partial charge < -0.3 is 15.4 Å². The highest BCUT2D eigenvalue weighted by atomic mass is 16.5. The van der Waals surface area contributed by atoms with Crippen molar-refractivity contribution in [3.63, 3.8) is 0 Å². The first-order valence-corrected chi connectivity index (χ1v) is 8.18. The first-order valence-electron chi connectivity index (χ1n) is 8.18. The zero-order chi connectivity index (χ0) is 17.6. The average Bonchev–Trinajstić information content (AvgIpc) is 2.59. The van der Waals surface area contributed by atoms with Gasteiger partial charge in [0.05, 0.1) is 12.3 Å². The Labute approximate surface area is 148 Å². The third kappa shape index (κ3) is 4.33. The Morgan fingerprint density at radius 2 is 1.44 bits per heavy atom. The fraction of sp³-hybridized carbons (Fsp3) is 0.200. The molecule has 128 valence electrons. The molecule has 0 saturated heterocycles. The van der Waals surface area contributed by atoms with Gasteiger partial charge in [-0.3, -0.25) is 0 Å². The second-order valence-corrected chi connectivity index (χ2v) is 5.88. The summed E-state index contributed by atoms with van der Waals surface area (Å²) in [6.07, 6.45) is 0. The summed E-state index contributed by atoms with van der Waals surface area (Å²) in [5.74, 6) is 1.27. The normalized spacial score (nSPS) is 10.5. The third-order valence-corrected chi connectivity index (χ3v) is 3.87. The largest absolute Gasteiger partial charge is 0.378 e. The Morgan fingerprint density at radius 1 is 0.840 bits per heavy atom. The summed E-state index contributed by atoms with van der Waals surface area (Å²) in [5, 5.41) is 6.66. The van der Waals surface area contributed by atoms with E-state index in [2.05, 4.69) is 33.6 Å². The summed E-state index contributed by atoms with van der Waals surface area (Å²) < 4.78 is 5.24. The Balaban J connectivity index is 1.92. The highest BCUT2D eigenvalue weighted by Gasteiger charge is 2.08. The molecule has 0 aliphatic carbocycles. The lowest BCUT2D eigenvalue weighted by Crippen LogP contribution is -2.05. The summed E-state index contributed by atoms with van der Waals surface area (Å²) in [4.78, 5) is 9.14. The zero-order valence-corrected chi connectivity index (χ0v) is 14.7. The maximum absolute atomic E-state index is 5.24. The standard InChI is InChI=1S/C20H22N4O/c1-14-8-4-6-10-17(14)22-19-12-16(13-25-3)21-20(24-19)23-18-11-7-5-9-15(18)2/h4-12H,13H2,1-3H3,(H2,21,22,23,24). The molecule has 5 nitrogen and oxygen atoms in total. The van der Waals surface area contributed by atoms with Crippen LogP contribution in [0.2, 0.25) is 0 Å². The van der Waals surface area contributed by atoms with Gasteiger partial charge in [0.2, 0.25) is 5.95 Å². The Hall–Kier alpha value is -2.92. The summed E-state index contributed by atoms with van der Waals surface area (Å²) >= 11 is 0. The third-order valence-electron chi connectivity index (χ3n) is 3.87. The Bertz CT molecular complexity index is 798. The highest BCUT2D eigenvalue weighted by molar-refractivity contribution is 5.63. The predicted octanol–water partition coefficient (Wildman–Crippen LogP) is 4.73. The molecule has 0 unspecified atom stereocenters. The first-order chi connectivity index (χ1) is 12.2. The SMILES string of the molecule is COCc1cc(Nc2ccccc2C)nc(Nc2ccccc2C)n1. The minimum Gasteiger partial charge on any atom is -0.378 e. The lowest BCUT2D eigenvalue weighted by atomic mass is 10.2. The van der Waals surface area contributed by atoms with Crippen molar-refractivity contribution in [3.8, 4) is 0 Å². The molecule has 0 spiro atoms. The van der Waals surface area contributed by atoms with E-state index < -0.39 is 0 Å². The van der Waals surface area contributed by atoms with Crippen LogP contribution in [0.1, 0.15) is 16.8 Å². The average molecular weight is 334 g/mol. The van der Waals surface area contributed by atoms with Crippen LogP contribution in [0, 0.1) is 13.8 Å². The lowest BCUT2D eigenvalue weighted by Gasteiger charge is -2.13. The van der Waals surface area contributed by atoms with Crippen molar-refractivity contribution in [2.45, 2.75) is 20.5 Å². The molecule has 2 aromatic carbocycles. The van der Waals surface area contributed by atoms with Crippen molar-refractivity contribution in [2.75, 3.05) is 17.7 Å². The molecule has 0 fully saturated rings. The number of aromatic nitrogens is 2. The van der Waals surface area contributed by atoms with Gasteiger partial charge in [-0.2, -0.15) is 4.98 Å². The summed E-state index contributed by atoms with van der Waals surface area (Å²) in [6.45, 7) is 4.54. The van der Waals surface area contributed by atoms with Crippen LogP contribution in [0.3, 0.4) is 0 Å². The van der Waals surface area contributed by atoms with Gasteiger partial charge in [-0.05, 0) is 37.1 Å². The van der Waals surface area contributed by atoms with Crippen LogP contribution in [0.4, 0.5) is 23.1 Å². The van der Waals surface area contributed by atoms with Crippen molar-refractivity contribution >= 4 is 23.1 Å². The fourth-order valence-electron chi connectivity index (χ4n) is 2.52. The molecule has 0 atom stereocenters. The van der Waals surface area contributed by atoms with Crippen molar-refractivity contribution < 1.29 is 4.74 Å². The van der Waals surface area contributed by atoms with Crippen molar-refractivity contribution in [1.82, 2.24) is 9.97 Å². The van der Waals surface area contributed by atoms with Gasteiger partial charge in [0.25, 0.3) is 0 Å². The van der Waals surface area contributed by atoms with Crippen LogP contribution in [0.25, 0.3) is 0 Å². The molecule has 25 heavy (non-hydrogen) atoms. The van der Waals surface area contributed by atoms with Gasteiger partial charge in [-0.15, -0.1) is 0 Å². The van der Waals surface area contributed by atoms with E-state index in [1.165, 1.54) is 0 Å². The molecule has 0 bridgehead atoms. The van der Waals surface area contributed by atoms with Crippen LogP contribution in [-0.2, 0) is 11.3 Å². The molecule has 0 saturated carbocycles. The molecule has 1 heterocycles. The minimum atomic E-state index is 0.424. The van der Waals surface area contributed by atoms with E-state index in [9.17, 15) is 0 Å².